The second-order valence-corrected chi connectivity index (χ2v) is 6.25. The maximum atomic E-state index is 10.8. The van der Waals surface area contributed by atoms with Crippen LogP contribution in [-0.4, -0.2) is 30.6 Å². The van der Waals surface area contributed by atoms with E-state index >= 15 is 0 Å². The molecule has 1 fully saturated rings. The normalized spacial score (nSPS) is 14.0. The number of anilines is 1. The van der Waals surface area contributed by atoms with Crippen LogP contribution in [0.2, 0.25) is 0 Å². The van der Waals surface area contributed by atoms with Gasteiger partial charge in [0.1, 0.15) is 11.6 Å². The average Bonchev–Trinajstić information content (AvgIpc) is 3.40. The molecule has 4 rings (SSSR count). The molecule has 0 spiro atoms. The molecule has 0 saturated heterocycles. The Hall–Kier alpha value is -2.96. The molecule has 3 aromatic rings. The van der Waals surface area contributed by atoms with E-state index in [2.05, 4.69) is 45.0 Å². The van der Waals surface area contributed by atoms with E-state index in [4.69, 9.17) is 10.1 Å². The largest absolute Gasteiger partial charge is 0.476 e. The summed E-state index contributed by atoms with van der Waals surface area (Å²) < 4.78 is 2.38. The number of aromatic nitrogens is 4. The van der Waals surface area contributed by atoms with E-state index in [1.165, 1.54) is 30.8 Å². The van der Waals surface area contributed by atoms with Crippen LogP contribution in [0.5, 0.6) is 0 Å². The van der Waals surface area contributed by atoms with Gasteiger partial charge in [0.05, 0.1) is 23.4 Å². The van der Waals surface area contributed by atoms with Gasteiger partial charge in [-0.25, -0.2) is 19.7 Å². The predicted molar refractivity (Wildman–Crippen MR) is 93.7 cm³/mol. The Bertz CT molecular complexity index is 929. The van der Waals surface area contributed by atoms with Crippen LogP contribution < -0.4 is 5.32 Å². The van der Waals surface area contributed by atoms with E-state index in [1.54, 1.807) is 0 Å². The lowest BCUT2D eigenvalue weighted by atomic mass is 10.2. The lowest BCUT2D eigenvalue weighted by molar-refractivity contribution is 0.0690. The monoisotopic (exact) mass is 337 g/mol. The minimum absolute atomic E-state index is 0.0651. The molecular formula is C18H19N5O2. The average molecular weight is 337 g/mol. The van der Waals surface area contributed by atoms with Crippen molar-refractivity contribution in [2.75, 3.05) is 5.32 Å². The Balaban J connectivity index is 1.52. The van der Waals surface area contributed by atoms with Gasteiger partial charge < -0.3 is 15.0 Å². The molecule has 1 aliphatic carbocycles. The van der Waals surface area contributed by atoms with Gasteiger partial charge >= 0.3 is 5.97 Å². The van der Waals surface area contributed by atoms with E-state index in [0.29, 0.717) is 18.4 Å². The van der Waals surface area contributed by atoms with Gasteiger partial charge in [-0.05, 0) is 30.5 Å². The zero-order valence-electron chi connectivity index (χ0n) is 13.9. The first-order valence-corrected chi connectivity index (χ1v) is 8.44. The number of carboxylic acid groups (broad SMARTS) is 1. The van der Waals surface area contributed by atoms with Gasteiger partial charge in [0.2, 0.25) is 0 Å². The van der Waals surface area contributed by atoms with Crippen LogP contribution in [0.3, 0.4) is 0 Å². The summed E-state index contributed by atoms with van der Waals surface area (Å²) in [6.07, 6.45) is 6.10. The molecule has 0 amide bonds. The predicted octanol–water partition coefficient (Wildman–Crippen LogP) is 3.03. The lowest BCUT2D eigenvalue weighted by Crippen LogP contribution is -2.05. The van der Waals surface area contributed by atoms with Gasteiger partial charge in [0, 0.05) is 19.0 Å². The standard InChI is InChI=1S/C18H19N5O2/c1-2-17-22-13-7-11(3-6-15(13)23(17)12-4-5-12)8-20-16-10-19-14(9-21-16)18(24)25/h3,6-7,9-10,12H,2,4-5,8H2,1H3,(H,20,21)(H,24,25). The van der Waals surface area contributed by atoms with Crippen LogP contribution >= 0.6 is 0 Å². The van der Waals surface area contributed by atoms with Gasteiger partial charge in [-0.2, -0.15) is 0 Å². The first-order chi connectivity index (χ1) is 12.2. The molecule has 0 bridgehead atoms. The van der Waals surface area contributed by atoms with Crippen molar-refractivity contribution >= 4 is 22.8 Å². The van der Waals surface area contributed by atoms with Crippen LogP contribution in [0.1, 0.15) is 47.7 Å². The molecule has 0 aliphatic heterocycles. The van der Waals surface area contributed by atoms with Gasteiger partial charge in [-0.15, -0.1) is 0 Å². The van der Waals surface area contributed by atoms with Crippen LogP contribution in [0.15, 0.2) is 30.6 Å². The molecule has 0 radical (unpaired) electrons. The molecule has 1 aromatic carbocycles. The Labute approximate surface area is 144 Å². The van der Waals surface area contributed by atoms with E-state index in [1.807, 2.05) is 0 Å². The third kappa shape index (κ3) is 3.05. The molecule has 2 aromatic heterocycles. The number of hydrogen-bond acceptors (Lipinski definition) is 5. The molecule has 0 unspecified atom stereocenters. The molecule has 25 heavy (non-hydrogen) atoms. The van der Waals surface area contributed by atoms with Crippen LogP contribution in [0, 0.1) is 0 Å². The lowest BCUT2D eigenvalue weighted by Gasteiger charge is -2.07. The summed E-state index contributed by atoms with van der Waals surface area (Å²) in [6, 6.07) is 6.94. The van der Waals surface area contributed by atoms with E-state index < -0.39 is 5.97 Å². The summed E-state index contributed by atoms with van der Waals surface area (Å²) in [7, 11) is 0. The molecule has 0 atom stereocenters. The Morgan fingerprint density at radius 2 is 2.16 bits per heavy atom. The third-order valence-corrected chi connectivity index (χ3v) is 4.40. The molecule has 2 heterocycles. The fourth-order valence-corrected chi connectivity index (χ4v) is 3.02. The van der Waals surface area contributed by atoms with Gasteiger partial charge in [0.15, 0.2) is 5.69 Å². The maximum absolute atomic E-state index is 10.8. The zero-order chi connectivity index (χ0) is 17.4. The highest BCUT2D eigenvalue weighted by Crippen LogP contribution is 2.38. The van der Waals surface area contributed by atoms with Crippen molar-refractivity contribution in [2.45, 2.75) is 38.8 Å². The van der Waals surface area contributed by atoms with Gasteiger partial charge in [0.25, 0.3) is 0 Å². The number of carbonyl (C=O) groups is 1. The molecule has 2 N–H and O–H groups in total. The highest BCUT2D eigenvalue weighted by atomic mass is 16.4. The quantitative estimate of drug-likeness (QED) is 0.718. The maximum Gasteiger partial charge on any atom is 0.356 e. The number of imidazole rings is 1. The summed E-state index contributed by atoms with van der Waals surface area (Å²) in [4.78, 5) is 23.5. The fourth-order valence-electron chi connectivity index (χ4n) is 3.02. The minimum atomic E-state index is -1.08. The SMILES string of the molecule is CCc1nc2cc(CNc3cnc(C(=O)O)cn3)ccc2n1C1CC1. The summed E-state index contributed by atoms with van der Waals surface area (Å²) in [5.41, 5.74) is 3.26. The number of carboxylic acids is 1. The summed E-state index contributed by atoms with van der Waals surface area (Å²) in [5.74, 6) is 0.614. The number of rotatable bonds is 6. The second-order valence-electron chi connectivity index (χ2n) is 6.25. The Morgan fingerprint density at radius 1 is 1.32 bits per heavy atom. The topological polar surface area (TPSA) is 92.9 Å². The summed E-state index contributed by atoms with van der Waals surface area (Å²) in [6.45, 7) is 2.72. The fraction of sp³-hybridized carbons (Fsp3) is 0.333. The van der Waals surface area contributed by atoms with Crippen molar-refractivity contribution in [1.29, 1.82) is 0 Å². The number of aryl methyl sites for hydroxylation is 1. The van der Waals surface area contributed by atoms with E-state index in [0.717, 1.165) is 23.3 Å². The molecule has 1 saturated carbocycles. The number of benzene rings is 1. The molecule has 1 aliphatic rings. The third-order valence-electron chi connectivity index (χ3n) is 4.40. The Morgan fingerprint density at radius 3 is 2.80 bits per heavy atom. The van der Waals surface area contributed by atoms with Crippen molar-refractivity contribution in [1.82, 2.24) is 19.5 Å². The van der Waals surface area contributed by atoms with Gasteiger partial charge in [-0.1, -0.05) is 13.0 Å². The van der Waals surface area contributed by atoms with E-state index in [9.17, 15) is 4.79 Å². The Kier molecular flexibility index (Phi) is 3.83. The van der Waals surface area contributed by atoms with Crippen molar-refractivity contribution in [3.05, 3.63) is 47.7 Å². The van der Waals surface area contributed by atoms with Crippen LogP contribution in [-0.2, 0) is 13.0 Å². The number of hydrogen-bond donors (Lipinski definition) is 2. The number of nitrogens with one attached hydrogen (secondary N) is 1. The first-order valence-electron chi connectivity index (χ1n) is 8.44. The highest BCUT2D eigenvalue weighted by molar-refractivity contribution is 5.84. The number of fused-ring (bicyclic) bond motifs is 1. The smallest absolute Gasteiger partial charge is 0.356 e. The highest BCUT2D eigenvalue weighted by Gasteiger charge is 2.27. The summed E-state index contributed by atoms with van der Waals surface area (Å²) >= 11 is 0. The van der Waals surface area contributed by atoms with E-state index in [-0.39, 0.29) is 5.69 Å². The molecular weight excluding hydrogens is 318 g/mol. The number of nitrogens with zero attached hydrogens (tertiary/aromatic N) is 4. The van der Waals surface area contributed by atoms with Crippen molar-refractivity contribution in [2.24, 2.45) is 0 Å². The number of aromatic carboxylic acids is 1. The minimum Gasteiger partial charge on any atom is -0.476 e. The molecule has 7 nitrogen and oxygen atoms in total. The first kappa shape index (κ1) is 15.6. The van der Waals surface area contributed by atoms with Crippen molar-refractivity contribution in [3.63, 3.8) is 0 Å². The second kappa shape index (κ2) is 6.16. The molecule has 128 valence electrons. The summed E-state index contributed by atoms with van der Waals surface area (Å²) in [5, 5.41) is 12.0. The molecule has 7 heteroatoms. The van der Waals surface area contributed by atoms with Crippen LogP contribution in [0.4, 0.5) is 5.82 Å². The zero-order valence-corrected chi connectivity index (χ0v) is 13.9. The van der Waals surface area contributed by atoms with Crippen LogP contribution in [0.25, 0.3) is 11.0 Å². The van der Waals surface area contributed by atoms with Crippen molar-refractivity contribution in [3.8, 4) is 0 Å². The van der Waals surface area contributed by atoms with Crippen molar-refractivity contribution < 1.29 is 9.90 Å². The van der Waals surface area contributed by atoms with Gasteiger partial charge in [-0.3, -0.25) is 0 Å².